The zero-order valence-electron chi connectivity index (χ0n) is 16.5. The molecule has 0 saturated carbocycles. The molecule has 0 spiro atoms. The van der Waals surface area contributed by atoms with Crippen molar-refractivity contribution in [3.05, 3.63) is 47.3 Å². The minimum absolute atomic E-state index is 0.0216. The molecule has 1 aromatic heterocycles. The molecule has 146 valence electrons. The van der Waals surface area contributed by atoms with Gasteiger partial charge in [0.1, 0.15) is 5.75 Å². The number of aromatic nitrogens is 2. The highest BCUT2D eigenvalue weighted by atomic mass is 16.5. The Kier molecular flexibility index (Phi) is 6.13. The number of hydrogen-bond donors (Lipinski definition) is 0. The number of carbonyl (C=O) groups excluding carboxylic acids is 1. The van der Waals surface area contributed by atoms with E-state index in [1.807, 2.05) is 54.0 Å². The fourth-order valence-corrected chi connectivity index (χ4v) is 3.47. The van der Waals surface area contributed by atoms with Crippen LogP contribution in [-0.2, 0) is 29.7 Å². The van der Waals surface area contributed by atoms with E-state index in [2.05, 4.69) is 10.00 Å². The third kappa shape index (κ3) is 4.87. The average Bonchev–Trinajstić information content (AvgIpc) is 2.88. The monoisotopic (exact) mass is 372 g/mol. The summed E-state index contributed by atoms with van der Waals surface area (Å²) in [6.07, 6.45) is 1.99. The van der Waals surface area contributed by atoms with Gasteiger partial charge in [-0.2, -0.15) is 5.10 Å². The van der Waals surface area contributed by atoms with Crippen LogP contribution < -0.4 is 4.74 Å². The van der Waals surface area contributed by atoms with Gasteiger partial charge < -0.3 is 14.4 Å². The Labute approximate surface area is 160 Å². The van der Waals surface area contributed by atoms with Crippen LogP contribution in [0.5, 0.6) is 5.75 Å². The van der Waals surface area contributed by atoms with Crippen molar-refractivity contribution in [2.24, 2.45) is 7.05 Å². The molecule has 1 fully saturated rings. The lowest BCUT2D eigenvalue weighted by Gasteiger charge is -2.23. The lowest BCUT2D eigenvalue weighted by molar-refractivity contribution is -0.132. The summed E-state index contributed by atoms with van der Waals surface area (Å²) in [5, 5.41) is 4.40. The van der Waals surface area contributed by atoms with Crippen LogP contribution in [0.15, 0.2) is 30.5 Å². The smallest absolute Gasteiger partial charge is 0.237 e. The maximum atomic E-state index is 12.9. The number of methoxy groups -OCH3 is 2. The molecule has 2 aromatic rings. The first-order valence-corrected chi connectivity index (χ1v) is 9.13. The number of amides is 1. The van der Waals surface area contributed by atoms with Crippen LogP contribution in [0, 0.1) is 6.92 Å². The zero-order chi connectivity index (χ0) is 19.4. The number of ether oxygens (including phenoxy) is 2. The van der Waals surface area contributed by atoms with Crippen molar-refractivity contribution < 1.29 is 14.3 Å². The van der Waals surface area contributed by atoms with Gasteiger partial charge in [-0.3, -0.25) is 14.4 Å². The largest absolute Gasteiger partial charge is 0.497 e. The van der Waals surface area contributed by atoms with E-state index in [0.29, 0.717) is 26.2 Å². The second-order valence-electron chi connectivity index (χ2n) is 7.06. The lowest BCUT2D eigenvalue weighted by atomic mass is 10.2. The van der Waals surface area contributed by atoms with Gasteiger partial charge in [-0.25, -0.2) is 0 Å². The maximum Gasteiger partial charge on any atom is 0.237 e. The van der Waals surface area contributed by atoms with E-state index >= 15 is 0 Å². The number of aryl methyl sites for hydroxylation is 2. The molecular formula is C20H28N4O3. The number of hydrogen-bond acceptors (Lipinski definition) is 5. The Bertz CT molecular complexity index is 772. The summed E-state index contributed by atoms with van der Waals surface area (Å²) in [4.78, 5) is 16.9. The molecule has 27 heavy (non-hydrogen) atoms. The van der Waals surface area contributed by atoms with Crippen LogP contribution in [0.3, 0.4) is 0 Å². The number of rotatable bonds is 6. The van der Waals surface area contributed by atoms with Crippen LogP contribution >= 0.6 is 0 Å². The van der Waals surface area contributed by atoms with Crippen LogP contribution in [-0.4, -0.2) is 65.4 Å². The van der Waals surface area contributed by atoms with E-state index < -0.39 is 0 Å². The molecule has 1 aliphatic rings. The maximum absolute atomic E-state index is 12.9. The first kappa shape index (κ1) is 19.4. The molecule has 1 atom stereocenters. The molecule has 1 aliphatic heterocycles. The van der Waals surface area contributed by atoms with E-state index in [1.165, 1.54) is 0 Å². The molecule has 1 unspecified atom stereocenters. The number of carbonyl (C=O) groups is 1. The third-order valence-electron chi connectivity index (χ3n) is 4.97. The number of benzene rings is 1. The minimum atomic E-state index is -0.0216. The van der Waals surface area contributed by atoms with Crippen molar-refractivity contribution in [3.63, 3.8) is 0 Å². The van der Waals surface area contributed by atoms with Crippen molar-refractivity contribution in [1.29, 1.82) is 0 Å². The van der Waals surface area contributed by atoms with Crippen LogP contribution in [0.1, 0.15) is 16.8 Å². The molecular weight excluding hydrogens is 344 g/mol. The van der Waals surface area contributed by atoms with E-state index in [9.17, 15) is 4.79 Å². The van der Waals surface area contributed by atoms with Gasteiger partial charge in [-0.05, 0) is 24.6 Å². The SMILES string of the molecule is COc1ccc(CN2CC(OC)CN(Cc3cn(C)nc3C)CC2=O)cc1. The lowest BCUT2D eigenvalue weighted by Crippen LogP contribution is -2.37. The third-order valence-corrected chi connectivity index (χ3v) is 4.97. The molecule has 1 amide bonds. The van der Waals surface area contributed by atoms with Gasteiger partial charge in [0.05, 0.1) is 25.5 Å². The van der Waals surface area contributed by atoms with Crippen molar-refractivity contribution in [3.8, 4) is 5.75 Å². The summed E-state index contributed by atoms with van der Waals surface area (Å²) >= 11 is 0. The summed E-state index contributed by atoms with van der Waals surface area (Å²) < 4.78 is 12.7. The zero-order valence-corrected chi connectivity index (χ0v) is 16.5. The minimum Gasteiger partial charge on any atom is -0.497 e. The summed E-state index contributed by atoms with van der Waals surface area (Å²) in [5.41, 5.74) is 3.22. The second-order valence-corrected chi connectivity index (χ2v) is 7.06. The molecule has 0 aliphatic carbocycles. The Balaban J connectivity index is 1.70. The van der Waals surface area contributed by atoms with Gasteiger partial charge in [-0.15, -0.1) is 0 Å². The van der Waals surface area contributed by atoms with E-state index in [4.69, 9.17) is 9.47 Å². The Hall–Kier alpha value is -2.38. The molecule has 7 nitrogen and oxygen atoms in total. The molecule has 0 N–H and O–H groups in total. The summed E-state index contributed by atoms with van der Waals surface area (Å²) in [5.74, 6) is 0.931. The van der Waals surface area contributed by atoms with E-state index in [1.54, 1.807) is 14.2 Å². The molecule has 7 heteroatoms. The summed E-state index contributed by atoms with van der Waals surface area (Å²) in [7, 11) is 5.27. The molecule has 3 rings (SSSR count). The summed E-state index contributed by atoms with van der Waals surface area (Å²) in [6, 6.07) is 7.83. The quantitative estimate of drug-likeness (QED) is 0.771. The fourth-order valence-electron chi connectivity index (χ4n) is 3.47. The summed E-state index contributed by atoms with van der Waals surface area (Å²) in [6.45, 7) is 4.95. The normalized spacial score (nSPS) is 18.6. The van der Waals surface area contributed by atoms with Gasteiger partial charge >= 0.3 is 0 Å². The highest BCUT2D eigenvalue weighted by molar-refractivity contribution is 5.78. The molecule has 1 saturated heterocycles. The van der Waals surface area contributed by atoms with Crippen LogP contribution in [0.4, 0.5) is 0 Å². The average molecular weight is 372 g/mol. The Morgan fingerprint density at radius 2 is 1.89 bits per heavy atom. The predicted octanol–water partition coefficient (Wildman–Crippen LogP) is 1.60. The second kappa shape index (κ2) is 8.54. The van der Waals surface area contributed by atoms with Gasteiger partial charge in [0.15, 0.2) is 0 Å². The van der Waals surface area contributed by atoms with Gasteiger partial charge in [0, 0.05) is 52.1 Å². The molecule has 0 bridgehead atoms. The molecule has 1 aromatic carbocycles. The van der Waals surface area contributed by atoms with Crippen molar-refractivity contribution >= 4 is 5.91 Å². The standard InChI is InChI=1S/C20H28N4O3/c1-15-17(10-22(2)21-15)11-23-12-19(27-4)13-24(20(25)14-23)9-16-5-7-18(26-3)8-6-16/h5-8,10,19H,9,11-14H2,1-4H3. The van der Waals surface area contributed by atoms with Crippen molar-refractivity contribution in [1.82, 2.24) is 19.6 Å². The highest BCUT2D eigenvalue weighted by Gasteiger charge is 2.28. The van der Waals surface area contributed by atoms with E-state index in [0.717, 1.165) is 29.1 Å². The highest BCUT2D eigenvalue weighted by Crippen LogP contribution is 2.17. The Morgan fingerprint density at radius 3 is 2.48 bits per heavy atom. The van der Waals surface area contributed by atoms with Crippen LogP contribution in [0.25, 0.3) is 0 Å². The molecule has 2 heterocycles. The first-order valence-electron chi connectivity index (χ1n) is 9.13. The topological polar surface area (TPSA) is 59.8 Å². The fraction of sp³-hybridized carbons (Fsp3) is 0.500. The Morgan fingerprint density at radius 1 is 1.15 bits per heavy atom. The number of nitrogens with zero attached hydrogens (tertiary/aromatic N) is 4. The van der Waals surface area contributed by atoms with Crippen molar-refractivity contribution in [2.45, 2.75) is 26.1 Å². The first-order chi connectivity index (χ1) is 13.0. The van der Waals surface area contributed by atoms with Crippen LogP contribution in [0.2, 0.25) is 0 Å². The molecule has 0 radical (unpaired) electrons. The van der Waals surface area contributed by atoms with Gasteiger partial charge in [0.25, 0.3) is 0 Å². The van der Waals surface area contributed by atoms with Gasteiger partial charge in [-0.1, -0.05) is 12.1 Å². The van der Waals surface area contributed by atoms with Gasteiger partial charge in [0.2, 0.25) is 5.91 Å². The van der Waals surface area contributed by atoms with Crippen molar-refractivity contribution in [2.75, 3.05) is 33.9 Å². The predicted molar refractivity (Wildman–Crippen MR) is 102 cm³/mol. The van der Waals surface area contributed by atoms with E-state index in [-0.39, 0.29) is 12.0 Å².